The minimum Gasteiger partial charge on any atom is -0.480 e. The molecule has 1 heterocycles. The van der Waals surface area contributed by atoms with Crippen LogP contribution in [0.15, 0.2) is 53.2 Å². The first-order valence-electron chi connectivity index (χ1n) is 10.6. The zero-order valence-corrected chi connectivity index (χ0v) is 18.9. The molecule has 0 aliphatic heterocycles. The molecule has 176 valence electrons. The number of rotatable bonds is 6. The molecule has 3 N–H and O–H groups in total. The van der Waals surface area contributed by atoms with Crippen molar-refractivity contribution >= 4 is 23.8 Å². The van der Waals surface area contributed by atoms with E-state index >= 15 is 0 Å². The molecule has 0 saturated carbocycles. The van der Waals surface area contributed by atoms with E-state index in [-0.39, 0.29) is 24.0 Å². The average molecular weight is 464 g/mol. The monoisotopic (exact) mass is 464 g/mol. The molecule has 1 aliphatic rings. The molecule has 0 fully saturated rings. The highest BCUT2D eigenvalue weighted by atomic mass is 16.6. The Kier molecular flexibility index (Phi) is 6.06. The van der Waals surface area contributed by atoms with Gasteiger partial charge in [-0.1, -0.05) is 69.3 Å². The third-order valence-electron chi connectivity index (χ3n) is 5.66. The topological polar surface area (TPSA) is 144 Å². The Morgan fingerprint density at radius 1 is 1.03 bits per heavy atom. The molecule has 0 saturated heterocycles. The predicted molar refractivity (Wildman–Crippen MR) is 121 cm³/mol. The second kappa shape index (κ2) is 8.97. The molecule has 0 spiro atoms. The van der Waals surface area contributed by atoms with E-state index in [1.165, 1.54) is 0 Å². The van der Waals surface area contributed by atoms with E-state index in [4.69, 9.17) is 4.74 Å². The summed E-state index contributed by atoms with van der Waals surface area (Å²) in [6.45, 7) is 5.08. The number of fused-ring (bicyclic) bond motifs is 3. The van der Waals surface area contributed by atoms with Crippen LogP contribution < -0.4 is 10.6 Å². The second-order valence-electron chi connectivity index (χ2n) is 9.02. The SMILES string of the molecule is CC(C)(C)C(NC(=O)c1nonc1NC(=O)OCC1c2ccccc2-c2ccccc21)C(=O)O. The van der Waals surface area contributed by atoms with Gasteiger partial charge >= 0.3 is 12.1 Å². The van der Waals surface area contributed by atoms with Crippen molar-refractivity contribution in [1.29, 1.82) is 0 Å². The number of carbonyl (C=O) groups excluding carboxylic acids is 2. The van der Waals surface area contributed by atoms with E-state index in [9.17, 15) is 19.5 Å². The van der Waals surface area contributed by atoms with Gasteiger partial charge in [0.25, 0.3) is 5.91 Å². The van der Waals surface area contributed by atoms with Crippen LogP contribution in [0.3, 0.4) is 0 Å². The summed E-state index contributed by atoms with van der Waals surface area (Å²) < 4.78 is 10.0. The molecule has 2 aromatic carbocycles. The number of carboxylic acid groups (broad SMARTS) is 1. The summed E-state index contributed by atoms with van der Waals surface area (Å²) in [7, 11) is 0. The minimum absolute atomic E-state index is 0.0672. The molecule has 0 radical (unpaired) electrons. The molecule has 1 unspecified atom stereocenters. The largest absolute Gasteiger partial charge is 0.480 e. The Hall–Kier alpha value is -4.21. The molecule has 0 bridgehead atoms. The van der Waals surface area contributed by atoms with Gasteiger partial charge in [-0.2, -0.15) is 0 Å². The first-order valence-corrected chi connectivity index (χ1v) is 10.6. The molecule has 10 nitrogen and oxygen atoms in total. The maximum absolute atomic E-state index is 12.6. The number of benzene rings is 2. The Balaban J connectivity index is 1.43. The van der Waals surface area contributed by atoms with Crippen LogP contribution >= 0.6 is 0 Å². The van der Waals surface area contributed by atoms with Crippen molar-refractivity contribution in [2.24, 2.45) is 5.41 Å². The lowest BCUT2D eigenvalue weighted by molar-refractivity contribution is -0.142. The Morgan fingerprint density at radius 2 is 1.62 bits per heavy atom. The van der Waals surface area contributed by atoms with Gasteiger partial charge in [0.05, 0.1) is 0 Å². The van der Waals surface area contributed by atoms with Crippen LogP contribution in [0.2, 0.25) is 0 Å². The molecule has 2 amide bonds. The standard InChI is InChI=1S/C24H24N4O6/c1-24(2,3)19(22(30)31)25-21(29)18-20(28-34-27-18)26-23(32)33-12-17-15-10-6-4-8-13(15)14-9-5-7-11-16(14)17/h4-11,17,19H,12H2,1-3H3,(H,25,29)(H,30,31)(H,26,28,32). The fraction of sp³-hybridized carbons (Fsp3) is 0.292. The van der Waals surface area contributed by atoms with E-state index in [0.29, 0.717) is 0 Å². The van der Waals surface area contributed by atoms with Crippen LogP contribution in [0.5, 0.6) is 0 Å². The minimum atomic E-state index is -1.21. The fourth-order valence-electron chi connectivity index (χ4n) is 4.00. The molecule has 10 heteroatoms. The van der Waals surface area contributed by atoms with Crippen LogP contribution in [0, 0.1) is 5.41 Å². The van der Waals surface area contributed by atoms with E-state index < -0.39 is 29.4 Å². The number of amides is 2. The number of nitrogens with zero attached hydrogens (tertiary/aromatic N) is 2. The first-order chi connectivity index (χ1) is 16.2. The summed E-state index contributed by atoms with van der Waals surface area (Å²) in [5.74, 6) is -2.46. The van der Waals surface area contributed by atoms with Gasteiger partial charge in [-0.15, -0.1) is 0 Å². The summed E-state index contributed by atoms with van der Waals surface area (Å²) in [4.78, 5) is 36.6. The quantitative estimate of drug-likeness (QED) is 0.501. The maximum Gasteiger partial charge on any atom is 0.412 e. The summed E-state index contributed by atoms with van der Waals surface area (Å²) in [5, 5.41) is 21.2. The number of carbonyl (C=O) groups is 3. The van der Waals surface area contributed by atoms with E-state index in [1.54, 1.807) is 20.8 Å². The Bertz CT molecular complexity index is 1200. The molecular weight excluding hydrogens is 440 g/mol. The molecular formula is C24H24N4O6. The van der Waals surface area contributed by atoms with Crippen molar-refractivity contribution in [3.05, 3.63) is 65.4 Å². The van der Waals surface area contributed by atoms with Gasteiger partial charge in [-0.25, -0.2) is 14.2 Å². The van der Waals surface area contributed by atoms with Crippen molar-refractivity contribution < 1.29 is 28.9 Å². The lowest BCUT2D eigenvalue weighted by atomic mass is 9.86. The first kappa shape index (κ1) is 23.0. The van der Waals surface area contributed by atoms with Crippen molar-refractivity contribution in [3.8, 4) is 11.1 Å². The average Bonchev–Trinajstić information content (AvgIpc) is 3.37. The third kappa shape index (κ3) is 4.47. The number of hydrogen-bond acceptors (Lipinski definition) is 7. The van der Waals surface area contributed by atoms with Crippen LogP contribution in [-0.2, 0) is 9.53 Å². The lowest BCUT2D eigenvalue weighted by Gasteiger charge is -2.27. The van der Waals surface area contributed by atoms with Crippen LogP contribution in [0.25, 0.3) is 11.1 Å². The lowest BCUT2D eigenvalue weighted by Crippen LogP contribution is -2.49. The number of aromatic nitrogens is 2. The van der Waals surface area contributed by atoms with Gasteiger partial charge in [0.1, 0.15) is 12.6 Å². The Labute approximate surface area is 195 Å². The third-order valence-corrected chi connectivity index (χ3v) is 5.66. The summed E-state index contributed by atoms with van der Waals surface area (Å²) in [5.41, 5.74) is 3.18. The van der Waals surface area contributed by atoms with Crippen molar-refractivity contribution in [3.63, 3.8) is 0 Å². The van der Waals surface area contributed by atoms with Gasteiger partial charge in [-0.05, 0) is 38.0 Å². The van der Waals surface area contributed by atoms with E-state index in [2.05, 4.69) is 25.6 Å². The molecule has 4 rings (SSSR count). The Morgan fingerprint density at radius 3 is 2.18 bits per heavy atom. The zero-order chi connectivity index (χ0) is 24.5. The maximum atomic E-state index is 12.6. The van der Waals surface area contributed by atoms with Crippen molar-refractivity contribution in [2.45, 2.75) is 32.7 Å². The number of aliphatic carboxylic acids is 1. The predicted octanol–water partition coefficient (Wildman–Crippen LogP) is 3.66. The molecule has 1 atom stereocenters. The summed E-state index contributed by atoms with van der Waals surface area (Å²) >= 11 is 0. The molecule has 1 aliphatic carbocycles. The highest BCUT2D eigenvalue weighted by Crippen LogP contribution is 2.44. The number of hydrogen-bond donors (Lipinski definition) is 3. The van der Waals surface area contributed by atoms with Crippen molar-refractivity contribution in [1.82, 2.24) is 15.6 Å². The van der Waals surface area contributed by atoms with Gasteiger partial charge in [0, 0.05) is 5.92 Å². The summed E-state index contributed by atoms with van der Waals surface area (Å²) in [6, 6.07) is 14.7. The zero-order valence-electron chi connectivity index (χ0n) is 18.9. The van der Waals surface area contributed by atoms with Crippen LogP contribution in [0.1, 0.15) is 48.3 Å². The number of anilines is 1. The van der Waals surface area contributed by atoms with Gasteiger partial charge < -0.3 is 15.2 Å². The van der Waals surface area contributed by atoms with Gasteiger partial charge in [0.15, 0.2) is 0 Å². The summed E-state index contributed by atoms with van der Waals surface area (Å²) in [6.07, 6.45) is -0.850. The van der Waals surface area contributed by atoms with Gasteiger partial charge in [0.2, 0.25) is 11.5 Å². The van der Waals surface area contributed by atoms with Gasteiger partial charge in [-0.3, -0.25) is 10.1 Å². The number of carboxylic acids is 1. The fourth-order valence-corrected chi connectivity index (χ4v) is 4.00. The second-order valence-corrected chi connectivity index (χ2v) is 9.02. The molecule has 3 aromatic rings. The molecule has 1 aromatic heterocycles. The van der Waals surface area contributed by atoms with Crippen LogP contribution in [-0.4, -0.2) is 46.0 Å². The molecule has 34 heavy (non-hydrogen) atoms. The number of ether oxygens (including phenoxy) is 1. The van der Waals surface area contributed by atoms with Crippen LogP contribution in [0.4, 0.5) is 10.6 Å². The van der Waals surface area contributed by atoms with E-state index in [1.807, 2.05) is 48.5 Å². The number of nitrogens with one attached hydrogen (secondary N) is 2. The van der Waals surface area contributed by atoms with Crippen molar-refractivity contribution in [2.75, 3.05) is 11.9 Å². The highest BCUT2D eigenvalue weighted by Gasteiger charge is 2.35. The smallest absolute Gasteiger partial charge is 0.412 e. The van der Waals surface area contributed by atoms with E-state index in [0.717, 1.165) is 22.3 Å². The normalized spacial score (nSPS) is 13.5. The highest BCUT2D eigenvalue weighted by molar-refractivity contribution is 6.01.